The van der Waals surface area contributed by atoms with Crippen LogP contribution in [0, 0.1) is 11.8 Å². The number of anilines is 1. The zero-order valence-corrected chi connectivity index (χ0v) is 17.2. The molecule has 6 nitrogen and oxygen atoms in total. The third-order valence-electron chi connectivity index (χ3n) is 5.63. The maximum atomic E-state index is 12.9. The molecule has 0 radical (unpaired) electrons. The molecule has 0 unspecified atom stereocenters. The molecule has 0 spiro atoms. The fourth-order valence-electron chi connectivity index (χ4n) is 3.88. The number of furan rings is 1. The van der Waals surface area contributed by atoms with Crippen molar-refractivity contribution in [3.05, 3.63) is 54.0 Å². The number of carbonyl (C=O) groups is 2. The second-order valence-corrected chi connectivity index (χ2v) is 7.73. The van der Waals surface area contributed by atoms with Crippen molar-refractivity contribution in [3.8, 4) is 0 Å². The number of nitrogens with one attached hydrogen (secondary N) is 2. The number of benzene rings is 1. The molecule has 2 aromatic rings. The van der Waals surface area contributed by atoms with Crippen molar-refractivity contribution >= 4 is 17.6 Å². The Balaban J connectivity index is 1.52. The number of amides is 3. The molecule has 1 saturated heterocycles. The molecule has 1 aliphatic heterocycles. The largest absolute Gasteiger partial charge is 0.467 e. The van der Waals surface area contributed by atoms with Crippen LogP contribution in [0.15, 0.2) is 47.1 Å². The third-order valence-corrected chi connectivity index (χ3v) is 5.63. The molecule has 1 aliphatic rings. The Morgan fingerprint density at radius 3 is 2.68 bits per heavy atom. The first-order valence-electron chi connectivity index (χ1n) is 10.3. The number of halogens is 3. The molecule has 3 amide bonds. The highest BCUT2D eigenvalue weighted by Crippen LogP contribution is 2.32. The fraction of sp³-hybridized carbons (Fsp3) is 0.455. The predicted molar refractivity (Wildman–Crippen MR) is 109 cm³/mol. The maximum Gasteiger partial charge on any atom is 0.416 e. The molecule has 31 heavy (non-hydrogen) atoms. The van der Waals surface area contributed by atoms with Gasteiger partial charge in [-0.3, -0.25) is 4.79 Å². The summed E-state index contributed by atoms with van der Waals surface area (Å²) in [5.41, 5.74) is -0.705. The van der Waals surface area contributed by atoms with E-state index in [1.165, 1.54) is 12.1 Å². The number of rotatable bonds is 6. The van der Waals surface area contributed by atoms with Gasteiger partial charge in [0, 0.05) is 25.2 Å². The van der Waals surface area contributed by atoms with Crippen molar-refractivity contribution in [1.82, 2.24) is 10.2 Å². The van der Waals surface area contributed by atoms with E-state index in [2.05, 4.69) is 10.6 Å². The van der Waals surface area contributed by atoms with Crippen LogP contribution in [-0.2, 0) is 17.5 Å². The minimum atomic E-state index is -4.47. The summed E-state index contributed by atoms with van der Waals surface area (Å²) in [6.45, 7) is 3.24. The Kier molecular flexibility index (Phi) is 7.25. The van der Waals surface area contributed by atoms with E-state index in [9.17, 15) is 22.8 Å². The van der Waals surface area contributed by atoms with Crippen molar-refractivity contribution < 1.29 is 27.2 Å². The molecular weight excluding hydrogens is 411 g/mol. The van der Waals surface area contributed by atoms with Crippen LogP contribution < -0.4 is 10.6 Å². The number of likely N-dealkylation sites (tertiary alicyclic amines) is 1. The Labute approximate surface area is 178 Å². The molecule has 2 atom stereocenters. The molecule has 2 heterocycles. The number of piperidine rings is 1. The lowest BCUT2D eigenvalue weighted by atomic mass is 9.81. The number of carbonyl (C=O) groups excluding carboxylic acids is 2. The topological polar surface area (TPSA) is 74.6 Å². The average molecular weight is 437 g/mol. The van der Waals surface area contributed by atoms with Crippen LogP contribution in [0.2, 0.25) is 0 Å². The number of hydrogen-bond donors (Lipinski definition) is 2. The first-order valence-corrected chi connectivity index (χ1v) is 10.3. The number of urea groups is 1. The monoisotopic (exact) mass is 437 g/mol. The summed E-state index contributed by atoms with van der Waals surface area (Å²) in [5, 5.41) is 5.40. The molecule has 0 saturated carbocycles. The summed E-state index contributed by atoms with van der Waals surface area (Å²) in [4.78, 5) is 26.5. The van der Waals surface area contributed by atoms with E-state index in [0.717, 1.165) is 18.6 Å². The van der Waals surface area contributed by atoms with Gasteiger partial charge in [0.05, 0.1) is 18.4 Å². The van der Waals surface area contributed by atoms with Gasteiger partial charge in [-0.25, -0.2) is 4.79 Å². The van der Waals surface area contributed by atoms with Crippen LogP contribution in [0.4, 0.5) is 23.7 Å². The van der Waals surface area contributed by atoms with Gasteiger partial charge in [0.2, 0.25) is 5.91 Å². The van der Waals surface area contributed by atoms with Crippen LogP contribution in [0.5, 0.6) is 0 Å². The van der Waals surface area contributed by atoms with Crippen molar-refractivity contribution in [2.75, 3.05) is 18.4 Å². The van der Waals surface area contributed by atoms with Crippen LogP contribution in [0.3, 0.4) is 0 Å². The van der Waals surface area contributed by atoms with Gasteiger partial charge in [0.15, 0.2) is 0 Å². The number of alkyl halides is 3. The maximum absolute atomic E-state index is 12.9. The fourth-order valence-corrected chi connectivity index (χ4v) is 3.88. The van der Waals surface area contributed by atoms with Crippen molar-refractivity contribution in [3.63, 3.8) is 0 Å². The highest BCUT2D eigenvalue weighted by atomic mass is 19.4. The molecule has 0 aliphatic carbocycles. The van der Waals surface area contributed by atoms with Crippen molar-refractivity contribution in [2.24, 2.45) is 11.8 Å². The smallest absolute Gasteiger partial charge is 0.416 e. The summed E-state index contributed by atoms with van der Waals surface area (Å²) in [6.07, 6.45) is -1.10. The van der Waals surface area contributed by atoms with E-state index < -0.39 is 17.8 Å². The normalized spacial score (nSPS) is 19.2. The molecule has 1 aromatic heterocycles. The number of nitrogens with zero attached hydrogens (tertiary/aromatic N) is 1. The Morgan fingerprint density at radius 2 is 2.00 bits per heavy atom. The van der Waals surface area contributed by atoms with Crippen molar-refractivity contribution in [1.29, 1.82) is 0 Å². The Hall–Kier alpha value is -2.97. The van der Waals surface area contributed by atoms with Gasteiger partial charge in [0.25, 0.3) is 0 Å². The molecule has 1 aromatic carbocycles. The SMILES string of the molecule is CC[C@@H]1CN(C(=O)Nc2cccc(C(F)(F)F)c2)CC[C@H]1CC(=O)NCc1ccco1. The summed E-state index contributed by atoms with van der Waals surface area (Å²) >= 11 is 0. The minimum absolute atomic E-state index is 0.0679. The van der Waals surface area contributed by atoms with Gasteiger partial charge in [-0.2, -0.15) is 13.2 Å². The zero-order valence-electron chi connectivity index (χ0n) is 17.2. The van der Waals surface area contributed by atoms with Gasteiger partial charge >= 0.3 is 12.2 Å². The standard InChI is InChI=1S/C22H26F3N3O3/c1-2-15-14-28(21(30)27-18-6-3-5-17(12-18)22(23,24)25)9-8-16(15)11-20(29)26-13-19-7-4-10-31-19/h3-7,10,12,15-16H,2,8-9,11,13-14H2,1H3,(H,26,29)(H,27,30)/t15-,16+/m1/s1. The summed E-state index contributed by atoms with van der Waals surface area (Å²) in [6, 6.07) is 7.70. The van der Waals surface area contributed by atoms with Gasteiger partial charge in [-0.1, -0.05) is 19.4 Å². The van der Waals surface area contributed by atoms with E-state index in [-0.39, 0.29) is 23.4 Å². The van der Waals surface area contributed by atoms with Gasteiger partial charge in [0.1, 0.15) is 5.76 Å². The molecular formula is C22H26F3N3O3. The quantitative estimate of drug-likeness (QED) is 0.676. The Bertz CT molecular complexity index is 884. The molecule has 2 N–H and O–H groups in total. The van der Waals surface area contributed by atoms with Crippen LogP contribution in [0.1, 0.15) is 37.5 Å². The molecule has 168 valence electrons. The minimum Gasteiger partial charge on any atom is -0.467 e. The third kappa shape index (κ3) is 6.26. The molecule has 0 bridgehead atoms. The van der Waals surface area contributed by atoms with E-state index in [4.69, 9.17) is 4.42 Å². The second kappa shape index (κ2) is 9.89. The lowest BCUT2D eigenvalue weighted by molar-refractivity contribution is -0.137. The highest BCUT2D eigenvalue weighted by Gasteiger charge is 2.33. The summed E-state index contributed by atoms with van der Waals surface area (Å²) in [7, 11) is 0. The van der Waals surface area contributed by atoms with E-state index in [1.807, 2.05) is 6.92 Å². The van der Waals surface area contributed by atoms with Crippen LogP contribution in [0.25, 0.3) is 0 Å². The summed E-state index contributed by atoms with van der Waals surface area (Å²) in [5.74, 6) is 0.887. The van der Waals surface area contributed by atoms with Crippen LogP contribution in [-0.4, -0.2) is 29.9 Å². The van der Waals surface area contributed by atoms with E-state index in [1.54, 1.807) is 23.3 Å². The van der Waals surface area contributed by atoms with Gasteiger partial charge in [-0.05, 0) is 48.6 Å². The predicted octanol–water partition coefficient (Wildman–Crippen LogP) is 4.88. The number of hydrogen-bond acceptors (Lipinski definition) is 3. The average Bonchev–Trinajstić information content (AvgIpc) is 3.26. The lowest BCUT2D eigenvalue weighted by Crippen LogP contribution is -2.46. The summed E-state index contributed by atoms with van der Waals surface area (Å²) < 4.78 is 43.8. The second-order valence-electron chi connectivity index (χ2n) is 7.73. The lowest BCUT2D eigenvalue weighted by Gasteiger charge is -2.38. The van der Waals surface area contributed by atoms with Crippen LogP contribution >= 0.6 is 0 Å². The van der Waals surface area contributed by atoms with E-state index >= 15 is 0 Å². The molecule has 3 rings (SSSR count). The highest BCUT2D eigenvalue weighted by molar-refractivity contribution is 5.89. The van der Waals surface area contributed by atoms with Gasteiger partial charge in [-0.15, -0.1) is 0 Å². The van der Waals surface area contributed by atoms with Crippen molar-refractivity contribution in [2.45, 2.75) is 38.9 Å². The zero-order chi connectivity index (χ0) is 22.4. The Morgan fingerprint density at radius 1 is 1.19 bits per heavy atom. The van der Waals surface area contributed by atoms with Gasteiger partial charge < -0.3 is 20.0 Å². The first-order chi connectivity index (χ1) is 14.8. The molecule has 9 heteroatoms. The molecule has 1 fully saturated rings. The first kappa shape index (κ1) is 22.7. The van der Waals surface area contributed by atoms with E-state index in [0.29, 0.717) is 38.2 Å².